The largest absolute Gasteiger partial charge is 0.497 e. The molecule has 0 fully saturated rings. The summed E-state index contributed by atoms with van der Waals surface area (Å²) in [7, 11) is 3.13. The Balaban J connectivity index is 2.55. The molecule has 0 saturated carbocycles. The number of ketones is 1. The summed E-state index contributed by atoms with van der Waals surface area (Å²) in [6.07, 6.45) is 0. The molecule has 0 atom stereocenters. The topological polar surface area (TPSA) is 35.5 Å². The quantitative estimate of drug-likeness (QED) is 0.596. The Labute approximate surface area is 132 Å². The third-order valence-corrected chi connectivity index (χ3v) is 4.52. The maximum atomic E-state index is 12.7. The minimum Gasteiger partial charge on any atom is -0.497 e. The van der Waals surface area contributed by atoms with E-state index < -0.39 is 0 Å². The van der Waals surface area contributed by atoms with Crippen LogP contribution in [0.3, 0.4) is 0 Å². The van der Waals surface area contributed by atoms with Crippen molar-refractivity contribution in [2.75, 3.05) is 14.2 Å². The van der Waals surface area contributed by atoms with E-state index in [4.69, 9.17) is 9.47 Å². The van der Waals surface area contributed by atoms with Gasteiger partial charge in [0.2, 0.25) is 0 Å². The van der Waals surface area contributed by atoms with Crippen molar-refractivity contribution in [3.05, 3.63) is 56.7 Å². The van der Waals surface area contributed by atoms with Crippen molar-refractivity contribution < 1.29 is 14.3 Å². The molecule has 0 aromatic heterocycles. The molecule has 0 radical (unpaired) electrons. The summed E-state index contributed by atoms with van der Waals surface area (Å²) in [5.41, 5.74) is 2.27. The Hall–Kier alpha value is -1.56. The third-order valence-electron chi connectivity index (χ3n) is 3.09. The van der Waals surface area contributed by atoms with E-state index in [1.54, 1.807) is 32.4 Å². The van der Waals surface area contributed by atoms with Crippen molar-refractivity contribution >= 4 is 28.4 Å². The molecule has 0 aliphatic heterocycles. The number of ether oxygens (including phenoxy) is 2. The number of benzene rings is 2. The molecule has 0 heterocycles. The fraction of sp³-hybridized carbons (Fsp3) is 0.188. The summed E-state index contributed by atoms with van der Waals surface area (Å²) < 4.78 is 11.4. The van der Waals surface area contributed by atoms with Gasteiger partial charge in [-0.1, -0.05) is 12.1 Å². The van der Waals surface area contributed by atoms with Gasteiger partial charge < -0.3 is 9.47 Å². The number of carbonyl (C=O) groups excluding carboxylic acids is 1. The van der Waals surface area contributed by atoms with Crippen LogP contribution >= 0.6 is 22.6 Å². The second kappa shape index (κ2) is 6.26. The highest BCUT2D eigenvalue weighted by Crippen LogP contribution is 2.28. The highest BCUT2D eigenvalue weighted by atomic mass is 127. The van der Waals surface area contributed by atoms with E-state index in [9.17, 15) is 4.79 Å². The van der Waals surface area contributed by atoms with Crippen LogP contribution in [0, 0.1) is 10.5 Å². The predicted molar refractivity (Wildman–Crippen MR) is 86.9 cm³/mol. The van der Waals surface area contributed by atoms with Crippen LogP contribution in [-0.2, 0) is 0 Å². The second-order valence-corrected chi connectivity index (χ2v) is 5.41. The van der Waals surface area contributed by atoms with Gasteiger partial charge in [-0.05, 0) is 59.3 Å². The van der Waals surface area contributed by atoms with Gasteiger partial charge in [-0.2, -0.15) is 0 Å². The van der Waals surface area contributed by atoms with Gasteiger partial charge in [0.05, 0.1) is 19.8 Å². The van der Waals surface area contributed by atoms with Gasteiger partial charge in [-0.3, -0.25) is 4.79 Å². The van der Waals surface area contributed by atoms with Crippen LogP contribution < -0.4 is 9.47 Å². The van der Waals surface area contributed by atoms with Gasteiger partial charge in [0.15, 0.2) is 5.78 Å². The SMILES string of the molecule is COc1ccc(OC)c(C(=O)c2cccc(C)c2I)c1. The lowest BCUT2D eigenvalue weighted by Crippen LogP contribution is -2.07. The molecule has 0 aliphatic carbocycles. The molecule has 2 aromatic rings. The first-order valence-electron chi connectivity index (χ1n) is 6.10. The highest BCUT2D eigenvalue weighted by Gasteiger charge is 2.18. The zero-order valence-electron chi connectivity index (χ0n) is 11.6. The standard InChI is InChI=1S/C16H15IO3/c1-10-5-4-6-12(15(10)17)16(18)13-9-11(19-2)7-8-14(13)20-3/h4-9H,1-3H3. The molecule has 0 saturated heterocycles. The molecule has 0 aliphatic rings. The second-order valence-electron chi connectivity index (χ2n) is 4.33. The first-order valence-corrected chi connectivity index (χ1v) is 7.18. The van der Waals surface area contributed by atoms with E-state index in [2.05, 4.69) is 22.6 Å². The van der Waals surface area contributed by atoms with E-state index >= 15 is 0 Å². The van der Waals surface area contributed by atoms with Crippen LogP contribution in [0.25, 0.3) is 0 Å². The smallest absolute Gasteiger partial charge is 0.197 e. The molecule has 0 amide bonds. The van der Waals surface area contributed by atoms with Crippen LogP contribution in [-0.4, -0.2) is 20.0 Å². The highest BCUT2D eigenvalue weighted by molar-refractivity contribution is 14.1. The van der Waals surface area contributed by atoms with Crippen molar-refractivity contribution in [2.24, 2.45) is 0 Å². The zero-order valence-corrected chi connectivity index (χ0v) is 13.7. The van der Waals surface area contributed by atoms with Gasteiger partial charge >= 0.3 is 0 Å². The lowest BCUT2D eigenvalue weighted by molar-refractivity contribution is 0.103. The lowest BCUT2D eigenvalue weighted by Gasteiger charge is -2.11. The maximum absolute atomic E-state index is 12.7. The number of rotatable bonds is 4. The molecule has 0 unspecified atom stereocenters. The molecule has 0 N–H and O–H groups in total. The van der Waals surface area contributed by atoms with E-state index in [1.807, 2.05) is 25.1 Å². The summed E-state index contributed by atoms with van der Waals surface area (Å²) in [6.45, 7) is 1.99. The molecule has 104 valence electrons. The summed E-state index contributed by atoms with van der Waals surface area (Å²) in [6, 6.07) is 10.9. The van der Waals surface area contributed by atoms with E-state index in [0.29, 0.717) is 22.6 Å². The zero-order chi connectivity index (χ0) is 14.7. The minimum atomic E-state index is -0.0612. The molecule has 20 heavy (non-hydrogen) atoms. The Morgan fingerprint density at radius 1 is 1.05 bits per heavy atom. The first kappa shape index (κ1) is 14.8. The first-order chi connectivity index (χ1) is 9.58. The van der Waals surface area contributed by atoms with E-state index in [0.717, 1.165) is 9.13 Å². The molecule has 4 heteroatoms. The van der Waals surface area contributed by atoms with Crippen molar-refractivity contribution in [2.45, 2.75) is 6.92 Å². The van der Waals surface area contributed by atoms with E-state index in [-0.39, 0.29) is 5.78 Å². The van der Waals surface area contributed by atoms with Gasteiger partial charge in [0.1, 0.15) is 11.5 Å². The number of hydrogen-bond donors (Lipinski definition) is 0. The van der Waals surface area contributed by atoms with Crippen molar-refractivity contribution in [1.29, 1.82) is 0 Å². The van der Waals surface area contributed by atoms with Crippen LogP contribution in [0.5, 0.6) is 11.5 Å². The third kappa shape index (κ3) is 2.80. The number of aryl methyl sites for hydroxylation is 1. The molecule has 2 rings (SSSR count). The normalized spacial score (nSPS) is 10.2. The summed E-state index contributed by atoms with van der Waals surface area (Å²) in [5, 5.41) is 0. The maximum Gasteiger partial charge on any atom is 0.197 e. The molecule has 0 spiro atoms. The van der Waals surface area contributed by atoms with Crippen molar-refractivity contribution in [1.82, 2.24) is 0 Å². The van der Waals surface area contributed by atoms with Crippen LogP contribution in [0.1, 0.15) is 21.5 Å². The summed E-state index contributed by atoms with van der Waals surface area (Å²) in [5.74, 6) is 1.12. The monoisotopic (exact) mass is 382 g/mol. The van der Waals surface area contributed by atoms with Crippen molar-refractivity contribution in [3.63, 3.8) is 0 Å². The molecule has 0 bridgehead atoms. The number of methoxy groups -OCH3 is 2. The number of halogens is 1. The van der Waals surface area contributed by atoms with Gasteiger partial charge in [-0.15, -0.1) is 0 Å². The molecular formula is C16H15IO3. The Bertz CT molecular complexity index is 650. The Morgan fingerprint density at radius 2 is 1.80 bits per heavy atom. The Morgan fingerprint density at radius 3 is 2.45 bits per heavy atom. The minimum absolute atomic E-state index is 0.0612. The van der Waals surface area contributed by atoms with Crippen molar-refractivity contribution in [3.8, 4) is 11.5 Å². The average Bonchev–Trinajstić information content (AvgIpc) is 2.48. The van der Waals surface area contributed by atoms with Gasteiger partial charge in [-0.25, -0.2) is 0 Å². The van der Waals surface area contributed by atoms with Crippen LogP contribution in [0.4, 0.5) is 0 Å². The number of hydrogen-bond acceptors (Lipinski definition) is 3. The van der Waals surface area contributed by atoms with Gasteiger partial charge in [0, 0.05) is 9.13 Å². The van der Waals surface area contributed by atoms with Crippen LogP contribution in [0.15, 0.2) is 36.4 Å². The predicted octanol–water partition coefficient (Wildman–Crippen LogP) is 3.85. The van der Waals surface area contributed by atoms with E-state index in [1.165, 1.54) is 0 Å². The Kier molecular flexibility index (Phi) is 4.65. The molecular weight excluding hydrogens is 367 g/mol. The molecule has 3 nitrogen and oxygen atoms in total. The molecule has 2 aromatic carbocycles. The summed E-state index contributed by atoms with van der Waals surface area (Å²) >= 11 is 2.20. The average molecular weight is 382 g/mol. The van der Waals surface area contributed by atoms with Gasteiger partial charge in [0.25, 0.3) is 0 Å². The lowest BCUT2D eigenvalue weighted by atomic mass is 10.0. The number of carbonyl (C=O) groups is 1. The summed E-state index contributed by atoms with van der Waals surface area (Å²) in [4.78, 5) is 12.7. The fourth-order valence-electron chi connectivity index (χ4n) is 1.96. The fourth-order valence-corrected chi connectivity index (χ4v) is 2.56. The van der Waals surface area contributed by atoms with Crippen LogP contribution in [0.2, 0.25) is 0 Å².